The minimum atomic E-state index is -0.800. The molecule has 4 aromatic carbocycles. The topological polar surface area (TPSA) is 94.4 Å². The van der Waals surface area contributed by atoms with E-state index in [1.165, 1.54) is 23.9 Å². The number of fused-ring (bicyclic) bond motifs is 1. The van der Waals surface area contributed by atoms with Gasteiger partial charge in [-0.25, -0.2) is 4.39 Å². The number of amides is 1. The van der Waals surface area contributed by atoms with Crippen LogP contribution in [-0.4, -0.2) is 35.1 Å². The molecule has 0 radical (unpaired) electrons. The first-order valence-corrected chi connectivity index (χ1v) is 13.9. The van der Waals surface area contributed by atoms with Crippen molar-refractivity contribution in [3.05, 3.63) is 119 Å². The molecule has 2 heterocycles. The molecule has 1 aromatic heterocycles. The van der Waals surface area contributed by atoms with Crippen LogP contribution in [0.25, 0.3) is 22.0 Å². The highest BCUT2D eigenvalue weighted by Crippen LogP contribution is 2.32. The van der Waals surface area contributed by atoms with Crippen LogP contribution in [0.15, 0.2) is 91.0 Å². The number of phenolic OH excluding ortho intramolecular Hbond substituents is 1. The number of aryl methyl sites for hydroxylation is 1. The second kappa shape index (κ2) is 11.1. The van der Waals surface area contributed by atoms with Gasteiger partial charge in [0.15, 0.2) is 0 Å². The zero-order valence-electron chi connectivity index (χ0n) is 22.9. The Morgan fingerprint density at radius 1 is 0.976 bits per heavy atom. The molecule has 7 heteroatoms. The number of hydrogen-bond acceptors (Lipinski definition) is 4. The summed E-state index contributed by atoms with van der Waals surface area (Å²) in [5.74, 6) is -0.929. The zero-order chi connectivity index (χ0) is 28.5. The van der Waals surface area contributed by atoms with E-state index in [1.54, 1.807) is 0 Å². The lowest BCUT2D eigenvalue weighted by Crippen LogP contribution is -2.39. The van der Waals surface area contributed by atoms with Gasteiger partial charge in [-0.05, 0) is 96.4 Å². The molecule has 1 saturated heterocycles. The minimum Gasteiger partial charge on any atom is -0.508 e. The van der Waals surface area contributed by atoms with Crippen molar-refractivity contribution in [2.75, 3.05) is 18.0 Å². The van der Waals surface area contributed by atoms with Crippen molar-refractivity contribution in [3.8, 4) is 16.9 Å². The summed E-state index contributed by atoms with van der Waals surface area (Å²) in [7, 11) is 0. The SMILES string of the molecule is Cc1cc(C(=O)N[C@@H](c2cc3ccccc3[nH]2)c2cc(F)ccc2O)cc(-c2ccc(N3CCC(N)CC3)cc2)c1. The summed E-state index contributed by atoms with van der Waals surface area (Å²) in [6, 6.07) is 27.0. The number of nitrogens with zero attached hydrogens (tertiary/aromatic N) is 1. The van der Waals surface area contributed by atoms with Crippen LogP contribution < -0.4 is 16.0 Å². The van der Waals surface area contributed by atoms with Crippen molar-refractivity contribution in [3.63, 3.8) is 0 Å². The molecule has 0 unspecified atom stereocenters. The molecule has 1 atom stereocenters. The Bertz CT molecular complexity index is 1670. The van der Waals surface area contributed by atoms with Crippen LogP contribution in [0.5, 0.6) is 5.75 Å². The number of benzene rings is 4. The van der Waals surface area contributed by atoms with Crippen LogP contribution in [0.4, 0.5) is 10.1 Å². The molecule has 1 aliphatic rings. The normalized spacial score (nSPS) is 14.8. The lowest BCUT2D eigenvalue weighted by Gasteiger charge is -2.32. The Morgan fingerprint density at radius 2 is 1.73 bits per heavy atom. The van der Waals surface area contributed by atoms with E-state index in [1.807, 2.05) is 49.4 Å². The molecule has 5 aromatic rings. The summed E-state index contributed by atoms with van der Waals surface area (Å²) in [6.07, 6.45) is 1.98. The van der Waals surface area contributed by atoms with Crippen molar-refractivity contribution >= 4 is 22.5 Å². The van der Waals surface area contributed by atoms with Gasteiger partial charge in [0.05, 0.1) is 6.04 Å². The third-order valence-corrected chi connectivity index (χ3v) is 7.88. The molecule has 5 N–H and O–H groups in total. The Morgan fingerprint density at radius 3 is 2.49 bits per heavy atom. The lowest BCUT2D eigenvalue weighted by atomic mass is 9.98. The summed E-state index contributed by atoms with van der Waals surface area (Å²) >= 11 is 0. The predicted octanol–water partition coefficient (Wildman–Crippen LogP) is 6.43. The maximum absolute atomic E-state index is 14.3. The quantitative estimate of drug-likeness (QED) is 0.197. The molecule has 0 bridgehead atoms. The smallest absolute Gasteiger partial charge is 0.252 e. The van der Waals surface area contributed by atoms with Gasteiger partial charge >= 0.3 is 0 Å². The van der Waals surface area contributed by atoms with E-state index in [9.17, 15) is 14.3 Å². The molecule has 0 spiro atoms. The first-order valence-electron chi connectivity index (χ1n) is 13.9. The number of anilines is 1. The third kappa shape index (κ3) is 5.67. The number of nitrogens with one attached hydrogen (secondary N) is 2. The van der Waals surface area contributed by atoms with Gasteiger partial charge in [0.2, 0.25) is 0 Å². The molecule has 0 saturated carbocycles. The van der Waals surface area contributed by atoms with Crippen molar-refractivity contribution in [1.29, 1.82) is 0 Å². The summed E-state index contributed by atoms with van der Waals surface area (Å²) in [6.45, 7) is 3.86. The second-order valence-electron chi connectivity index (χ2n) is 10.9. The Labute approximate surface area is 238 Å². The first-order chi connectivity index (χ1) is 19.8. The summed E-state index contributed by atoms with van der Waals surface area (Å²) < 4.78 is 14.3. The number of H-pyrrole nitrogens is 1. The highest BCUT2D eigenvalue weighted by molar-refractivity contribution is 5.96. The van der Waals surface area contributed by atoms with Crippen LogP contribution in [0.3, 0.4) is 0 Å². The standard InChI is InChI=1S/C34H33FN4O2/c1-21-16-24(22-6-9-28(10-7-22)39-14-12-27(36)13-15-39)18-25(17-21)34(41)38-33(29-20-26(35)8-11-32(29)40)31-19-23-4-2-3-5-30(23)37-31/h2-11,16-20,27,33,37,40H,12-15,36H2,1H3,(H,38,41)/t33-/m1/s1. The van der Waals surface area contributed by atoms with Crippen LogP contribution in [0.1, 0.15) is 46.1 Å². The fourth-order valence-electron chi connectivity index (χ4n) is 5.65. The van der Waals surface area contributed by atoms with E-state index in [0.29, 0.717) is 11.3 Å². The lowest BCUT2D eigenvalue weighted by molar-refractivity contribution is 0.0942. The Hall–Kier alpha value is -4.62. The van der Waals surface area contributed by atoms with Crippen molar-refractivity contribution in [2.45, 2.75) is 31.8 Å². The van der Waals surface area contributed by atoms with Gasteiger partial charge in [-0.2, -0.15) is 0 Å². The number of rotatable bonds is 6. The van der Waals surface area contributed by atoms with Crippen molar-refractivity contribution < 1.29 is 14.3 Å². The third-order valence-electron chi connectivity index (χ3n) is 7.88. The zero-order valence-corrected chi connectivity index (χ0v) is 22.9. The first kappa shape index (κ1) is 26.6. The number of hydrogen-bond donors (Lipinski definition) is 4. The largest absolute Gasteiger partial charge is 0.508 e. The number of aromatic nitrogens is 1. The van der Waals surface area contributed by atoms with E-state index in [2.05, 4.69) is 45.5 Å². The van der Waals surface area contributed by atoms with E-state index >= 15 is 0 Å². The highest BCUT2D eigenvalue weighted by Gasteiger charge is 2.24. The molecule has 1 aliphatic heterocycles. The fraction of sp³-hybridized carbons (Fsp3) is 0.206. The van der Waals surface area contributed by atoms with Gasteiger partial charge in [-0.1, -0.05) is 36.4 Å². The predicted molar refractivity (Wildman–Crippen MR) is 162 cm³/mol. The Balaban J connectivity index is 1.30. The monoisotopic (exact) mass is 548 g/mol. The molecule has 41 heavy (non-hydrogen) atoms. The van der Waals surface area contributed by atoms with E-state index in [0.717, 1.165) is 53.5 Å². The average Bonchev–Trinajstić information content (AvgIpc) is 3.41. The summed E-state index contributed by atoms with van der Waals surface area (Å²) in [4.78, 5) is 19.4. The van der Waals surface area contributed by atoms with Gasteiger partial charge in [0.1, 0.15) is 11.6 Å². The maximum Gasteiger partial charge on any atom is 0.252 e. The Kier molecular flexibility index (Phi) is 7.20. The van der Waals surface area contributed by atoms with Gasteiger partial charge in [-0.3, -0.25) is 4.79 Å². The number of carbonyl (C=O) groups excluding carboxylic acids is 1. The molecule has 6 nitrogen and oxygen atoms in total. The fourth-order valence-corrected chi connectivity index (χ4v) is 5.65. The molecule has 6 rings (SSSR count). The molecule has 1 fully saturated rings. The van der Waals surface area contributed by atoms with Crippen LogP contribution in [0, 0.1) is 12.7 Å². The summed E-state index contributed by atoms with van der Waals surface area (Å²) in [5, 5.41) is 14.6. The van der Waals surface area contributed by atoms with Gasteiger partial charge in [-0.15, -0.1) is 0 Å². The van der Waals surface area contributed by atoms with Gasteiger partial charge in [0.25, 0.3) is 5.91 Å². The number of piperidine rings is 1. The van der Waals surface area contributed by atoms with E-state index < -0.39 is 11.9 Å². The number of aromatic hydroxyl groups is 1. The number of phenols is 1. The van der Waals surface area contributed by atoms with E-state index in [4.69, 9.17) is 5.73 Å². The van der Waals surface area contributed by atoms with Gasteiger partial charge in [0, 0.05) is 47.2 Å². The molecule has 0 aliphatic carbocycles. The van der Waals surface area contributed by atoms with Crippen molar-refractivity contribution in [2.24, 2.45) is 5.73 Å². The summed E-state index contributed by atoms with van der Waals surface area (Å²) in [5.41, 5.74) is 12.4. The highest BCUT2D eigenvalue weighted by atomic mass is 19.1. The number of para-hydroxylation sites is 1. The maximum atomic E-state index is 14.3. The van der Waals surface area contributed by atoms with Crippen LogP contribution in [-0.2, 0) is 0 Å². The number of halogens is 1. The molecular weight excluding hydrogens is 515 g/mol. The van der Waals surface area contributed by atoms with E-state index in [-0.39, 0.29) is 23.3 Å². The van der Waals surface area contributed by atoms with Gasteiger partial charge < -0.3 is 26.0 Å². The number of nitrogens with two attached hydrogens (primary N) is 1. The number of aromatic amines is 1. The molecule has 208 valence electrons. The number of carbonyl (C=O) groups is 1. The van der Waals surface area contributed by atoms with Crippen LogP contribution in [0.2, 0.25) is 0 Å². The minimum absolute atomic E-state index is 0.101. The van der Waals surface area contributed by atoms with Crippen molar-refractivity contribution in [1.82, 2.24) is 10.3 Å². The molecule has 1 amide bonds. The average molecular weight is 549 g/mol. The second-order valence-corrected chi connectivity index (χ2v) is 10.9. The molecular formula is C34H33FN4O2. The van der Waals surface area contributed by atoms with Crippen LogP contribution >= 0.6 is 0 Å².